The monoisotopic (exact) mass is 463 g/mol. The molecule has 150 valence electrons. The van der Waals surface area contributed by atoms with Crippen LogP contribution in [0.15, 0.2) is 23.2 Å². The molecule has 1 heterocycles. The minimum Gasteiger partial charge on any atom is -0.383 e. The van der Waals surface area contributed by atoms with Gasteiger partial charge >= 0.3 is 0 Å². The first-order valence-corrected chi connectivity index (χ1v) is 9.69. The van der Waals surface area contributed by atoms with Crippen molar-refractivity contribution in [1.82, 2.24) is 15.1 Å². The van der Waals surface area contributed by atoms with Gasteiger partial charge in [0.2, 0.25) is 0 Å². The van der Waals surface area contributed by atoms with E-state index in [9.17, 15) is 9.59 Å². The maximum Gasteiger partial charge on any atom is 0.274 e. The third-order valence-electron chi connectivity index (χ3n) is 3.60. The Balaban J connectivity index is 2.49. The second-order valence-electron chi connectivity index (χ2n) is 5.53. The molecule has 11 heteroatoms. The third kappa shape index (κ3) is 4.91. The van der Waals surface area contributed by atoms with Gasteiger partial charge in [0, 0.05) is 17.6 Å². The van der Waals surface area contributed by atoms with E-state index in [0.29, 0.717) is 18.0 Å². The number of anilines is 1. The quantitative estimate of drug-likeness (QED) is 0.582. The van der Waals surface area contributed by atoms with Crippen molar-refractivity contribution in [2.75, 3.05) is 11.9 Å². The highest BCUT2D eigenvalue weighted by Gasteiger charge is 2.22. The Bertz CT molecular complexity index is 955. The van der Waals surface area contributed by atoms with E-state index in [4.69, 9.17) is 52.1 Å². The fourth-order valence-electron chi connectivity index (χ4n) is 2.31. The number of amides is 2. The summed E-state index contributed by atoms with van der Waals surface area (Å²) in [6.07, 6.45) is 0.441. The van der Waals surface area contributed by atoms with Crippen LogP contribution in [0.3, 0.4) is 0 Å². The Morgan fingerprint density at radius 2 is 1.82 bits per heavy atom. The highest BCUT2D eigenvalue weighted by molar-refractivity contribution is 6.38. The Hall–Kier alpha value is -1.93. The highest BCUT2D eigenvalue weighted by atomic mass is 35.5. The Kier molecular flexibility index (Phi) is 7.60. The lowest BCUT2D eigenvalue weighted by Crippen LogP contribution is -2.26. The Labute approximate surface area is 181 Å². The van der Waals surface area contributed by atoms with E-state index in [1.54, 1.807) is 13.8 Å². The molecule has 0 fully saturated rings. The minimum absolute atomic E-state index is 0.0157. The summed E-state index contributed by atoms with van der Waals surface area (Å²) in [4.78, 5) is 25.2. The first kappa shape index (κ1) is 22.4. The van der Waals surface area contributed by atoms with E-state index in [0.717, 1.165) is 4.68 Å². The molecule has 0 bridgehead atoms. The minimum atomic E-state index is -0.641. The molecule has 0 spiro atoms. The summed E-state index contributed by atoms with van der Waals surface area (Å²) in [6.45, 7) is 3.94. The van der Waals surface area contributed by atoms with Crippen molar-refractivity contribution in [2.24, 2.45) is 5.73 Å². The topological polar surface area (TPSA) is 102 Å². The molecule has 0 aliphatic rings. The molecule has 2 rings (SSSR count). The lowest BCUT2D eigenvalue weighted by atomic mass is 10.1. The van der Waals surface area contributed by atoms with Gasteiger partial charge in [-0.15, -0.1) is 0 Å². The lowest BCUT2D eigenvalue weighted by molar-refractivity contribution is 0.0956. The van der Waals surface area contributed by atoms with E-state index < -0.39 is 11.8 Å². The lowest BCUT2D eigenvalue weighted by Gasteiger charge is -2.14. The van der Waals surface area contributed by atoms with Crippen LogP contribution in [0.2, 0.25) is 15.2 Å². The summed E-state index contributed by atoms with van der Waals surface area (Å²) in [5, 5.41) is 9.91. The molecule has 2 amide bonds. The predicted octanol–water partition coefficient (Wildman–Crippen LogP) is 4.58. The van der Waals surface area contributed by atoms with Crippen LogP contribution in [0.1, 0.15) is 41.1 Å². The smallest absolute Gasteiger partial charge is 0.274 e. The molecule has 0 unspecified atom stereocenters. The molecule has 0 saturated heterocycles. The second kappa shape index (κ2) is 9.52. The van der Waals surface area contributed by atoms with E-state index in [1.807, 2.05) is 0 Å². The van der Waals surface area contributed by atoms with Crippen molar-refractivity contribution in [2.45, 2.75) is 20.3 Å². The van der Waals surface area contributed by atoms with Crippen LogP contribution < -0.4 is 16.4 Å². The van der Waals surface area contributed by atoms with Crippen LogP contribution in [-0.4, -0.2) is 28.1 Å². The van der Waals surface area contributed by atoms with E-state index >= 15 is 0 Å². The fraction of sp³-hybridized carbons (Fsp3) is 0.235. The number of carbonyl (C=O) groups is 2. The van der Waals surface area contributed by atoms with Crippen molar-refractivity contribution in [3.63, 3.8) is 0 Å². The van der Waals surface area contributed by atoms with Gasteiger partial charge in [0.1, 0.15) is 11.5 Å². The first-order chi connectivity index (χ1) is 13.2. The molecular weight excluding hydrogens is 448 g/mol. The maximum absolute atomic E-state index is 12.9. The number of rotatable bonds is 6. The van der Waals surface area contributed by atoms with Gasteiger partial charge in [0.05, 0.1) is 21.3 Å². The number of allylic oxidation sites excluding steroid dienone is 1. The van der Waals surface area contributed by atoms with Gasteiger partial charge in [0.25, 0.3) is 11.8 Å². The maximum atomic E-state index is 12.9. The van der Waals surface area contributed by atoms with Crippen molar-refractivity contribution in [3.05, 3.63) is 49.7 Å². The summed E-state index contributed by atoms with van der Waals surface area (Å²) in [6, 6.07) is 4.13. The van der Waals surface area contributed by atoms with Gasteiger partial charge < -0.3 is 16.4 Å². The molecule has 1 aromatic carbocycles. The number of halogens is 4. The summed E-state index contributed by atoms with van der Waals surface area (Å²) >= 11 is 24.2. The van der Waals surface area contributed by atoms with Gasteiger partial charge in [-0.25, -0.2) is 4.68 Å². The molecule has 28 heavy (non-hydrogen) atoms. The zero-order valence-electron chi connectivity index (χ0n) is 14.9. The fourth-order valence-corrected chi connectivity index (χ4v) is 3.11. The van der Waals surface area contributed by atoms with E-state index in [1.165, 1.54) is 18.2 Å². The highest BCUT2D eigenvalue weighted by Crippen LogP contribution is 2.31. The summed E-state index contributed by atoms with van der Waals surface area (Å²) in [5.74, 6) is -1.02. The number of nitrogens with two attached hydrogens (primary N) is 1. The van der Waals surface area contributed by atoms with Crippen molar-refractivity contribution in [3.8, 4) is 0 Å². The van der Waals surface area contributed by atoms with Gasteiger partial charge in [-0.1, -0.05) is 53.3 Å². The number of hydrogen-bond donors (Lipinski definition) is 3. The van der Waals surface area contributed by atoms with Crippen LogP contribution in [0, 0.1) is 0 Å². The number of aromatic nitrogens is 2. The molecular formula is C17H17Cl4N5O2. The van der Waals surface area contributed by atoms with Crippen molar-refractivity contribution >= 4 is 69.7 Å². The normalized spacial score (nSPS) is 11.8. The van der Waals surface area contributed by atoms with Crippen LogP contribution >= 0.6 is 46.4 Å². The second-order valence-corrected chi connectivity index (χ2v) is 7.22. The van der Waals surface area contributed by atoms with Gasteiger partial charge in [-0.2, -0.15) is 5.10 Å². The molecule has 0 aliphatic heterocycles. The van der Waals surface area contributed by atoms with Crippen molar-refractivity contribution < 1.29 is 9.59 Å². The number of benzene rings is 1. The molecule has 7 nitrogen and oxygen atoms in total. The molecule has 0 radical (unpaired) electrons. The summed E-state index contributed by atoms with van der Waals surface area (Å²) in [5.41, 5.74) is 6.18. The first-order valence-electron chi connectivity index (χ1n) is 8.18. The van der Waals surface area contributed by atoms with Gasteiger partial charge in [0.15, 0.2) is 5.15 Å². The van der Waals surface area contributed by atoms with Crippen LogP contribution in [0.5, 0.6) is 0 Å². The molecule has 1 aromatic heterocycles. The third-order valence-corrected chi connectivity index (χ3v) is 4.77. The SMILES string of the molecule is CCNC(=O)c1cc(Cl)cc(Cl)c1NC(=O)c1cc(Cl)nn1/C(N)=C(\Cl)CC. The molecule has 0 saturated carbocycles. The van der Waals surface area contributed by atoms with Gasteiger partial charge in [-0.3, -0.25) is 9.59 Å². The average Bonchev–Trinajstić information content (AvgIpc) is 3.04. The average molecular weight is 465 g/mol. The Morgan fingerprint density at radius 1 is 1.14 bits per heavy atom. The number of nitrogens with zero attached hydrogens (tertiary/aromatic N) is 2. The number of carbonyl (C=O) groups excluding carboxylic acids is 2. The standard InChI is InChI=1S/C17H17Cl4N5O2/c1-3-10(19)15(22)26-12(7-13(21)25-26)17(28)24-14-9(16(27)23-4-2)5-8(18)6-11(14)20/h5-7H,3-4,22H2,1-2H3,(H,23,27)(H,24,28)/b15-10-. The zero-order chi connectivity index (χ0) is 21.0. The zero-order valence-corrected chi connectivity index (χ0v) is 18.0. The van der Waals surface area contributed by atoms with E-state index in [2.05, 4.69) is 15.7 Å². The number of hydrogen-bond acceptors (Lipinski definition) is 4. The Morgan fingerprint density at radius 3 is 2.43 bits per heavy atom. The van der Waals surface area contributed by atoms with E-state index in [-0.39, 0.29) is 38.0 Å². The molecule has 4 N–H and O–H groups in total. The number of nitrogens with one attached hydrogen (secondary N) is 2. The summed E-state index contributed by atoms with van der Waals surface area (Å²) < 4.78 is 1.12. The predicted molar refractivity (Wildman–Crippen MR) is 113 cm³/mol. The van der Waals surface area contributed by atoms with Crippen LogP contribution in [-0.2, 0) is 0 Å². The molecule has 0 aliphatic carbocycles. The molecule has 2 aromatic rings. The van der Waals surface area contributed by atoms with Crippen LogP contribution in [0.25, 0.3) is 5.82 Å². The summed E-state index contributed by atoms with van der Waals surface area (Å²) in [7, 11) is 0. The van der Waals surface area contributed by atoms with Gasteiger partial charge in [-0.05, 0) is 25.5 Å². The molecule has 0 atom stereocenters. The largest absolute Gasteiger partial charge is 0.383 e. The van der Waals surface area contributed by atoms with Crippen molar-refractivity contribution in [1.29, 1.82) is 0 Å². The van der Waals surface area contributed by atoms with Crippen LogP contribution in [0.4, 0.5) is 5.69 Å².